The van der Waals surface area contributed by atoms with Crippen molar-refractivity contribution in [2.75, 3.05) is 0 Å². The maximum absolute atomic E-state index is 13.1. The maximum atomic E-state index is 13.1. The Morgan fingerprint density at radius 2 is 2.11 bits per heavy atom. The molecule has 6 heteroatoms. The Bertz CT molecular complexity index is 1230. The van der Waals surface area contributed by atoms with Gasteiger partial charge in [-0.2, -0.15) is 0 Å². The molecular weight excluding hydrogens is 482 g/mol. The van der Waals surface area contributed by atoms with Crippen molar-refractivity contribution in [1.29, 1.82) is 0 Å². The summed E-state index contributed by atoms with van der Waals surface area (Å²) in [6, 6.07) is 6.41. The number of carbonyl (C=O) groups excluding carboxylic acids is 1. The van der Waals surface area contributed by atoms with Gasteiger partial charge in [-0.3, -0.25) is 4.79 Å². The molecule has 1 heterocycles. The highest BCUT2D eigenvalue weighted by atomic mass is 35.5. The number of fused-ring (bicyclic) bond motifs is 5. The van der Waals surface area contributed by atoms with Crippen LogP contribution in [0.4, 0.5) is 0 Å². The molecule has 6 rings (SSSR count). The molecule has 0 aromatic heterocycles. The quantitative estimate of drug-likeness (QED) is 0.297. The van der Waals surface area contributed by atoms with Crippen LogP contribution in [0.15, 0.2) is 58.7 Å². The third-order valence-electron chi connectivity index (χ3n) is 10.2. The van der Waals surface area contributed by atoms with Gasteiger partial charge in [0, 0.05) is 22.6 Å². The number of hydrogen-bond acceptors (Lipinski definition) is 4. The highest BCUT2D eigenvalue weighted by Gasteiger charge is 2.57. The first-order chi connectivity index (χ1) is 17.9. The lowest BCUT2D eigenvalue weighted by Gasteiger charge is -2.50. The Morgan fingerprint density at radius 1 is 1.27 bits per heavy atom. The maximum Gasteiger partial charge on any atom is 0.224 e. The van der Waals surface area contributed by atoms with Gasteiger partial charge in [0.25, 0.3) is 0 Å². The zero-order valence-electron chi connectivity index (χ0n) is 21.8. The van der Waals surface area contributed by atoms with E-state index in [4.69, 9.17) is 11.6 Å². The lowest BCUT2D eigenvalue weighted by molar-refractivity contribution is -0.120. The van der Waals surface area contributed by atoms with Gasteiger partial charge in [-0.05, 0) is 123 Å². The van der Waals surface area contributed by atoms with Crippen LogP contribution in [-0.4, -0.2) is 16.8 Å². The number of amides is 1. The number of dihydropyridines is 1. The Kier molecular flexibility index (Phi) is 6.46. The molecule has 5 nitrogen and oxygen atoms in total. The lowest BCUT2D eigenvalue weighted by Crippen LogP contribution is -2.44. The molecule has 5 aliphatic rings. The largest absolute Gasteiger partial charge is 0.411 e. The third kappa shape index (κ3) is 4.33. The van der Waals surface area contributed by atoms with Crippen molar-refractivity contribution in [3.8, 4) is 0 Å². The summed E-state index contributed by atoms with van der Waals surface area (Å²) in [6.07, 6.45) is 13.0. The number of halogens is 1. The SMILES string of the molecule is C=C1NC2=C(C=C1NC(=O)CC[C@@H]1C/C(=N\O)[C@@]3(C)CCC4c5ccc(Cl)cc5CCC4C13)CCCC2. The molecule has 0 radical (unpaired) electrons. The molecule has 2 saturated carbocycles. The van der Waals surface area contributed by atoms with Crippen molar-refractivity contribution in [2.24, 2.45) is 28.3 Å². The number of benzene rings is 1. The molecule has 1 aromatic carbocycles. The predicted molar refractivity (Wildman–Crippen MR) is 147 cm³/mol. The van der Waals surface area contributed by atoms with Gasteiger partial charge in [0.05, 0.1) is 17.1 Å². The Morgan fingerprint density at radius 3 is 2.95 bits per heavy atom. The summed E-state index contributed by atoms with van der Waals surface area (Å²) < 4.78 is 0. The van der Waals surface area contributed by atoms with Gasteiger partial charge in [-0.15, -0.1) is 0 Å². The second-order valence-corrected chi connectivity index (χ2v) is 12.5. The van der Waals surface area contributed by atoms with E-state index < -0.39 is 0 Å². The first-order valence-corrected chi connectivity index (χ1v) is 14.4. The number of aryl methyl sites for hydroxylation is 1. The molecule has 1 aliphatic heterocycles. The third-order valence-corrected chi connectivity index (χ3v) is 10.4. The van der Waals surface area contributed by atoms with E-state index in [-0.39, 0.29) is 11.3 Å². The van der Waals surface area contributed by atoms with Crippen molar-refractivity contribution in [3.63, 3.8) is 0 Å². The second kappa shape index (κ2) is 9.65. The molecule has 0 saturated heterocycles. The molecule has 37 heavy (non-hydrogen) atoms. The van der Waals surface area contributed by atoms with Gasteiger partial charge in [0.2, 0.25) is 5.91 Å². The molecule has 3 N–H and O–H groups in total. The van der Waals surface area contributed by atoms with E-state index in [0.29, 0.717) is 30.1 Å². The first kappa shape index (κ1) is 24.8. The van der Waals surface area contributed by atoms with Crippen molar-refractivity contribution >= 4 is 23.2 Å². The molecule has 3 unspecified atom stereocenters. The van der Waals surface area contributed by atoms with E-state index >= 15 is 0 Å². The van der Waals surface area contributed by atoms with Crippen LogP contribution >= 0.6 is 11.6 Å². The van der Waals surface area contributed by atoms with E-state index in [1.54, 1.807) is 0 Å². The van der Waals surface area contributed by atoms with Crippen LogP contribution in [0.2, 0.25) is 5.02 Å². The van der Waals surface area contributed by atoms with Crippen LogP contribution < -0.4 is 10.6 Å². The Labute approximate surface area is 225 Å². The topological polar surface area (TPSA) is 73.7 Å². The van der Waals surface area contributed by atoms with Crippen molar-refractivity contribution in [1.82, 2.24) is 10.6 Å². The minimum atomic E-state index is -0.0883. The van der Waals surface area contributed by atoms with Gasteiger partial charge < -0.3 is 15.8 Å². The number of carbonyl (C=O) groups is 1. The molecule has 0 bridgehead atoms. The van der Waals surface area contributed by atoms with Gasteiger partial charge in [0.1, 0.15) is 0 Å². The predicted octanol–water partition coefficient (Wildman–Crippen LogP) is 6.98. The average Bonchev–Trinajstić information content (AvgIpc) is 3.19. The molecule has 4 aliphatic carbocycles. The van der Waals surface area contributed by atoms with Crippen LogP contribution in [-0.2, 0) is 11.2 Å². The number of allylic oxidation sites excluding steroid dienone is 3. The van der Waals surface area contributed by atoms with E-state index in [0.717, 1.165) is 73.5 Å². The second-order valence-electron chi connectivity index (χ2n) is 12.1. The fraction of sp³-hybridized carbons (Fsp3) is 0.548. The summed E-state index contributed by atoms with van der Waals surface area (Å²) in [5, 5.41) is 21.2. The fourth-order valence-corrected chi connectivity index (χ4v) is 8.63. The van der Waals surface area contributed by atoms with Crippen molar-refractivity contribution in [2.45, 2.75) is 83.5 Å². The molecule has 5 atom stereocenters. The van der Waals surface area contributed by atoms with Crippen LogP contribution in [0, 0.1) is 23.2 Å². The smallest absolute Gasteiger partial charge is 0.224 e. The molecule has 1 aromatic rings. The van der Waals surface area contributed by atoms with E-state index in [9.17, 15) is 10.0 Å². The summed E-state index contributed by atoms with van der Waals surface area (Å²) in [5.41, 5.74) is 7.86. The van der Waals surface area contributed by atoms with Gasteiger partial charge in [-0.1, -0.05) is 36.3 Å². The summed E-state index contributed by atoms with van der Waals surface area (Å²) in [5.74, 6) is 1.88. The van der Waals surface area contributed by atoms with Gasteiger partial charge >= 0.3 is 0 Å². The van der Waals surface area contributed by atoms with Crippen LogP contribution in [0.1, 0.15) is 88.2 Å². The highest BCUT2D eigenvalue weighted by Crippen LogP contribution is 2.62. The zero-order valence-corrected chi connectivity index (χ0v) is 22.5. The summed E-state index contributed by atoms with van der Waals surface area (Å²) >= 11 is 6.31. The molecule has 196 valence electrons. The number of nitrogens with one attached hydrogen (secondary N) is 2. The van der Waals surface area contributed by atoms with Crippen LogP contribution in [0.25, 0.3) is 0 Å². The Hall–Kier alpha value is -2.53. The minimum absolute atomic E-state index is 0.0427. The summed E-state index contributed by atoms with van der Waals surface area (Å²) in [6.45, 7) is 6.45. The van der Waals surface area contributed by atoms with Gasteiger partial charge in [-0.25, -0.2) is 0 Å². The normalized spacial score (nSPS) is 33.6. The lowest BCUT2D eigenvalue weighted by atomic mass is 9.54. The van der Waals surface area contributed by atoms with Crippen LogP contribution in [0.5, 0.6) is 0 Å². The number of hydrogen-bond donors (Lipinski definition) is 3. The van der Waals surface area contributed by atoms with Gasteiger partial charge in [0.15, 0.2) is 0 Å². The standard InChI is InChI=1S/C31H38ClN3O2/c1-18-27(16-20-5-3-4-6-26(20)33-18)34-29(36)12-8-21-17-28(35-37)31(2)14-13-24-23-11-9-22(32)15-19(23)7-10-25(24)30(21)31/h9,11,15-16,21,24-25,30,33,37H,1,3-8,10,12-14,17H2,2H3,(H,34,36)/b35-28+/t21-,24?,25?,30?,31-/m1/s1. The Balaban J connectivity index is 1.18. The average molecular weight is 520 g/mol. The van der Waals surface area contributed by atoms with E-state index in [1.807, 2.05) is 6.07 Å². The highest BCUT2D eigenvalue weighted by molar-refractivity contribution is 6.30. The monoisotopic (exact) mass is 519 g/mol. The minimum Gasteiger partial charge on any atom is -0.411 e. The van der Waals surface area contributed by atoms with E-state index in [1.165, 1.54) is 35.2 Å². The summed E-state index contributed by atoms with van der Waals surface area (Å²) in [7, 11) is 0. The zero-order chi connectivity index (χ0) is 25.7. The fourth-order valence-electron chi connectivity index (χ4n) is 8.43. The molecule has 2 fully saturated rings. The summed E-state index contributed by atoms with van der Waals surface area (Å²) in [4.78, 5) is 13.1. The molecular formula is C31H38ClN3O2. The first-order valence-electron chi connectivity index (χ1n) is 14.1. The van der Waals surface area contributed by atoms with Crippen LogP contribution in [0.3, 0.4) is 0 Å². The molecule has 1 amide bonds. The number of rotatable bonds is 4. The van der Waals surface area contributed by atoms with Crippen molar-refractivity contribution in [3.05, 3.63) is 69.7 Å². The number of oxime groups is 1. The van der Waals surface area contributed by atoms with E-state index in [2.05, 4.69) is 47.5 Å². The molecule has 0 spiro atoms. The van der Waals surface area contributed by atoms with Crippen molar-refractivity contribution < 1.29 is 10.0 Å². The number of nitrogens with zero attached hydrogens (tertiary/aromatic N) is 1.